The molecule has 2 rings (SSSR count). The van der Waals surface area contributed by atoms with E-state index in [1.165, 1.54) is 17.2 Å². The Morgan fingerprint density at radius 2 is 1.03 bits per heavy atom. The van der Waals surface area contributed by atoms with Crippen molar-refractivity contribution >= 4 is 18.0 Å². The molecule has 0 bridgehead atoms. The first kappa shape index (κ1) is 27.2. The molecule has 32 heavy (non-hydrogen) atoms. The maximum absolute atomic E-state index is 6.79. The Hall–Kier alpha value is -1.03. The Morgan fingerprint density at radius 3 is 1.38 bits per heavy atom. The molecule has 0 aliphatic carbocycles. The van der Waals surface area contributed by atoms with Gasteiger partial charge in [-0.3, -0.25) is 0 Å². The molecular formula is C27H45N2OPSi. The van der Waals surface area contributed by atoms with Crippen LogP contribution in [0.5, 0.6) is 0 Å². The van der Waals surface area contributed by atoms with Crippen LogP contribution in [0.3, 0.4) is 0 Å². The van der Waals surface area contributed by atoms with Crippen LogP contribution in [-0.4, -0.2) is 49.6 Å². The zero-order valence-corrected chi connectivity index (χ0v) is 23.8. The molecule has 0 atom stereocenters. The quantitative estimate of drug-likeness (QED) is 0.180. The molecular weight excluding hydrogens is 427 g/mol. The summed E-state index contributed by atoms with van der Waals surface area (Å²) in [7, 11) is -1.19. The summed E-state index contributed by atoms with van der Waals surface area (Å²) in [6.45, 7) is 19.2. The third-order valence-corrected chi connectivity index (χ3v) is 11.0. The van der Waals surface area contributed by atoms with Crippen molar-refractivity contribution in [2.75, 3.05) is 6.61 Å². The van der Waals surface area contributed by atoms with E-state index in [4.69, 9.17) is 4.52 Å². The fourth-order valence-electron chi connectivity index (χ4n) is 4.57. The van der Waals surface area contributed by atoms with Gasteiger partial charge in [0.05, 0.1) is 6.61 Å². The van der Waals surface area contributed by atoms with E-state index in [0.717, 1.165) is 6.61 Å². The Bertz CT molecular complexity index is 679. The zero-order valence-electron chi connectivity index (χ0n) is 21.5. The van der Waals surface area contributed by atoms with Crippen molar-refractivity contribution in [2.24, 2.45) is 0 Å². The van der Waals surface area contributed by atoms with Gasteiger partial charge in [-0.1, -0.05) is 60.7 Å². The number of rotatable bonds is 13. The summed E-state index contributed by atoms with van der Waals surface area (Å²) in [5.74, 6) is 0. The third-order valence-electron chi connectivity index (χ3n) is 5.76. The molecule has 0 saturated carbocycles. The highest BCUT2D eigenvalue weighted by Crippen LogP contribution is 2.50. The third kappa shape index (κ3) is 7.78. The van der Waals surface area contributed by atoms with Crippen molar-refractivity contribution in [3.05, 3.63) is 71.8 Å². The lowest BCUT2D eigenvalue weighted by Gasteiger charge is -2.45. The van der Waals surface area contributed by atoms with Crippen LogP contribution in [0, 0.1) is 0 Å². The van der Waals surface area contributed by atoms with Crippen LogP contribution in [0.15, 0.2) is 60.7 Å². The highest BCUT2D eigenvalue weighted by atomic mass is 31.2. The molecule has 2 aromatic rings. The highest BCUT2D eigenvalue weighted by molar-refractivity contribution is 7.47. The Kier molecular flexibility index (Phi) is 11.6. The van der Waals surface area contributed by atoms with E-state index in [9.17, 15) is 0 Å². The maximum Gasteiger partial charge on any atom is 0.188 e. The summed E-state index contributed by atoms with van der Waals surface area (Å²) in [6.07, 6.45) is 0. The van der Waals surface area contributed by atoms with Crippen LogP contribution in [0.4, 0.5) is 0 Å². The molecule has 0 spiro atoms. The van der Waals surface area contributed by atoms with Gasteiger partial charge in [0.1, 0.15) is 0 Å². The first-order chi connectivity index (χ1) is 15.2. The average molecular weight is 473 g/mol. The Balaban J connectivity index is 2.14. The molecule has 0 heterocycles. The summed E-state index contributed by atoms with van der Waals surface area (Å²) in [6, 6.07) is 25.1. The van der Waals surface area contributed by atoms with Gasteiger partial charge in [0.25, 0.3) is 0 Å². The van der Waals surface area contributed by atoms with Crippen molar-refractivity contribution in [1.29, 1.82) is 0 Å². The summed E-state index contributed by atoms with van der Waals surface area (Å²) in [4.78, 5) is 0. The SMILES string of the molecule is CC(C)N(C(C)C)P(OCC[SiH2]C(c1ccccc1)c1ccccc1)N(C(C)C)C(C)C. The first-order valence-corrected chi connectivity index (χ1v) is 15.3. The fraction of sp³-hybridized carbons (Fsp3) is 0.556. The van der Waals surface area contributed by atoms with Crippen LogP contribution in [0.25, 0.3) is 0 Å². The standard InChI is InChI=1S/C27H45N2OPSi/c1-21(2)28(22(3)4)31(29(23(5)6)24(7)8)30-19-20-32-27(25-15-11-9-12-16-25)26-17-13-10-14-18-26/h9-18,21-24,27H,19-20,32H2,1-8H3. The van der Waals surface area contributed by atoms with E-state index in [-0.39, 0.29) is 0 Å². The van der Waals surface area contributed by atoms with Gasteiger partial charge in [-0.2, -0.15) is 0 Å². The second kappa shape index (κ2) is 13.6. The van der Waals surface area contributed by atoms with Crippen LogP contribution >= 0.6 is 8.45 Å². The molecule has 0 N–H and O–H groups in total. The van der Waals surface area contributed by atoms with E-state index in [1.54, 1.807) is 0 Å². The average Bonchev–Trinajstić information content (AvgIpc) is 2.73. The first-order valence-electron chi connectivity index (χ1n) is 12.3. The van der Waals surface area contributed by atoms with Gasteiger partial charge in [-0.25, -0.2) is 9.34 Å². The van der Waals surface area contributed by atoms with Crippen molar-refractivity contribution in [2.45, 2.75) is 91.1 Å². The van der Waals surface area contributed by atoms with Gasteiger partial charge in [-0.15, -0.1) is 0 Å². The van der Waals surface area contributed by atoms with Gasteiger partial charge in [0, 0.05) is 33.7 Å². The number of benzene rings is 2. The minimum atomic E-state index is -0.796. The van der Waals surface area contributed by atoms with Gasteiger partial charge in [-0.05, 0) is 78.1 Å². The molecule has 2 aromatic carbocycles. The lowest BCUT2D eigenvalue weighted by Crippen LogP contribution is -2.43. The second-order valence-electron chi connectivity index (χ2n) is 9.74. The number of hydrogen-bond acceptors (Lipinski definition) is 3. The maximum atomic E-state index is 6.79. The van der Waals surface area contributed by atoms with Gasteiger partial charge >= 0.3 is 0 Å². The minimum Gasteiger partial charge on any atom is -0.332 e. The molecule has 0 aliphatic rings. The monoisotopic (exact) mass is 472 g/mol. The van der Waals surface area contributed by atoms with E-state index in [1.807, 2.05) is 0 Å². The van der Waals surface area contributed by atoms with Crippen LogP contribution < -0.4 is 0 Å². The van der Waals surface area contributed by atoms with Crippen molar-refractivity contribution in [3.63, 3.8) is 0 Å². The van der Waals surface area contributed by atoms with Gasteiger partial charge < -0.3 is 4.52 Å². The van der Waals surface area contributed by atoms with E-state index >= 15 is 0 Å². The van der Waals surface area contributed by atoms with E-state index < -0.39 is 18.0 Å². The Morgan fingerprint density at radius 1 is 0.656 bits per heavy atom. The van der Waals surface area contributed by atoms with Crippen molar-refractivity contribution < 1.29 is 4.52 Å². The number of hydrogen-bond donors (Lipinski definition) is 0. The van der Waals surface area contributed by atoms with E-state index in [0.29, 0.717) is 29.7 Å². The molecule has 0 aromatic heterocycles. The molecule has 5 heteroatoms. The summed E-state index contributed by atoms with van der Waals surface area (Å²) in [5.41, 5.74) is 3.44. The lowest BCUT2D eigenvalue weighted by atomic mass is 10.0. The summed E-state index contributed by atoms with van der Waals surface area (Å²) < 4.78 is 12.0. The topological polar surface area (TPSA) is 15.7 Å². The molecule has 3 nitrogen and oxygen atoms in total. The lowest BCUT2D eigenvalue weighted by molar-refractivity contribution is 0.191. The van der Waals surface area contributed by atoms with Gasteiger partial charge in [0.2, 0.25) is 0 Å². The molecule has 178 valence electrons. The second-order valence-corrected chi connectivity index (χ2v) is 13.5. The smallest absolute Gasteiger partial charge is 0.188 e. The molecule has 0 amide bonds. The Labute approximate surface area is 201 Å². The van der Waals surface area contributed by atoms with Crippen LogP contribution in [0.1, 0.15) is 72.1 Å². The molecule has 0 aliphatic heterocycles. The highest BCUT2D eigenvalue weighted by Gasteiger charge is 2.34. The molecule has 0 saturated heterocycles. The summed E-state index contributed by atoms with van der Waals surface area (Å²) in [5, 5.41) is 0. The zero-order chi connectivity index (χ0) is 23.7. The molecule has 0 unspecified atom stereocenters. The molecule has 0 fully saturated rings. The fourth-order valence-corrected chi connectivity index (χ4v) is 9.12. The normalized spacial score (nSPS) is 13.0. The summed E-state index contributed by atoms with van der Waals surface area (Å²) >= 11 is 0. The van der Waals surface area contributed by atoms with Crippen LogP contribution in [0.2, 0.25) is 6.04 Å². The largest absolute Gasteiger partial charge is 0.332 e. The number of nitrogens with zero attached hydrogens (tertiary/aromatic N) is 2. The molecule has 0 radical (unpaired) electrons. The predicted molar refractivity (Wildman–Crippen MR) is 145 cm³/mol. The van der Waals surface area contributed by atoms with E-state index in [2.05, 4.69) is 125 Å². The predicted octanol–water partition coefficient (Wildman–Crippen LogP) is 6.84. The minimum absolute atomic E-state index is 0.393. The van der Waals surface area contributed by atoms with Crippen LogP contribution in [-0.2, 0) is 4.52 Å². The van der Waals surface area contributed by atoms with Crippen molar-refractivity contribution in [3.8, 4) is 0 Å². The van der Waals surface area contributed by atoms with Crippen molar-refractivity contribution in [1.82, 2.24) is 9.34 Å². The van der Waals surface area contributed by atoms with Gasteiger partial charge in [0.15, 0.2) is 8.45 Å².